The first kappa shape index (κ1) is 21.5. The number of aromatic nitrogens is 2. The smallest absolute Gasteiger partial charge is 0.140 e. The molecule has 1 fully saturated rings. The van der Waals surface area contributed by atoms with Crippen molar-refractivity contribution in [1.82, 2.24) is 9.97 Å². The van der Waals surface area contributed by atoms with Gasteiger partial charge in [-0.3, -0.25) is 0 Å². The molecule has 1 aromatic carbocycles. The van der Waals surface area contributed by atoms with Gasteiger partial charge in [-0.25, -0.2) is 9.97 Å². The van der Waals surface area contributed by atoms with Crippen molar-refractivity contribution in [2.45, 2.75) is 57.0 Å². The van der Waals surface area contributed by atoms with E-state index in [9.17, 15) is 0 Å². The maximum Gasteiger partial charge on any atom is 0.140 e. The second-order valence-corrected chi connectivity index (χ2v) is 8.89. The first-order chi connectivity index (χ1) is 14.9. The van der Waals surface area contributed by atoms with Crippen LogP contribution in [0.5, 0.6) is 0 Å². The molecule has 2 aliphatic carbocycles. The lowest BCUT2D eigenvalue weighted by molar-refractivity contribution is 0.0743. The average molecular weight is 425 g/mol. The summed E-state index contributed by atoms with van der Waals surface area (Å²) in [4.78, 5) is 14.4. The molecule has 0 aliphatic heterocycles. The van der Waals surface area contributed by atoms with Crippen molar-refractivity contribution in [1.29, 1.82) is 0 Å². The molecule has 0 spiro atoms. The highest BCUT2D eigenvalue weighted by atomic mass is 16.6. The zero-order valence-corrected chi connectivity index (χ0v) is 18.5. The fourth-order valence-electron chi connectivity index (χ4n) is 4.60. The Labute approximate surface area is 183 Å². The van der Waals surface area contributed by atoms with Crippen LogP contribution < -0.4 is 16.8 Å². The highest BCUT2D eigenvalue weighted by Gasteiger charge is 2.41. The lowest BCUT2D eigenvalue weighted by atomic mass is 9.70. The fourth-order valence-corrected chi connectivity index (χ4v) is 4.60. The molecular weight excluding hydrogens is 392 g/mol. The van der Waals surface area contributed by atoms with E-state index < -0.39 is 5.41 Å². The van der Waals surface area contributed by atoms with Gasteiger partial charge in [-0.05, 0) is 51.7 Å². The maximum absolute atomic E-state index is 6.29. The minimum Gasteiger partial charge on any atom is -0.393 e. The summed E-state index contributed by atoms with van der Waals surface area (Å²) in [5.41, 5.74) is 17.4. The minimum atomic E-state index is -0.517. The number of nitrogens with two attached hydrogens (primary N) is 2. The first-order valence-electron chi connectivity index (χ1n) is 10.9. The van der Waals surface area contributed by atoms with Crippen LogP contribution in [-0.4, -0.2) is 48.1 Å². The molecule has 2 aromatic rings. The van der Waals surface area contributed by atoms with Crippen molar-refractivity contribution < 1.29 is 9.57 Å². The van der Waals surface area contributed by atoms with Crippen LogP contribution in [0.4, 0.5) is 11.5 Å². The third-order valence-electron chi connectivity index (χ3n) is 6.30. The number of nitrogens with zero attached hydrogens (tertiary/aromatic N) is 3. The van der Waals surface area contributed by atoms with Crippen molar-refractivity contribution in [2.75, 3.05) is 31.4 Å². The Balaban J connectivity index is 1.74. The quantitative estimate of drug-likeness (QED) is 0.481. The Hall–Kier alpha value is -2.71. The van der Waals surface area contributed by atoms with Gasteiger partial charge in [-0.15, -0.1) is 0 Å². The third kappa shape index (κ3) is 4.22. The largest absolute Gasteiger partial charge is 0.393 e. The number of fused-ring (bicyclic) bond motifs is 3. The maximum atomic E-state index is 6.29. The highest BCUT2D eigenvalue weighted by Crippen LogP contribution is 2.45. The number of methoxy groups -OCH3 is 1. The van der Waals surface area contributed by atoms with E-state index in [1.165, 1.54) is 6.33 Å². The molecule has 8 nitrogen and oxygen atoms in total. The number of hydrogen-bond donors (Lipinski definition) is 3. The van der Waals surface area contributed by atoms with Crippen LogP contribution in [-0.2, 0) is 15.0 Å². The molecule has 0 saturated heterocycles. The second-order valence-electron chi connectivity index (χ2n) is 8.89. The third-order valence-corrected chi connectivity index (χ3v) is 6.30. The van der Waals surface area contributed by atoms with E-state index in [1.807, 2.05) is 0 Å². The van der Waals surface area contributed by atoms with Crippen LogP contribution in [0.1, 0.15) is 50.7 Å². The number of nitrogen functional groups attached to an aromatic ring is 1. The zero-order chi connectivity index (χ0) is 22.0. The molecule has 2 aliphatic rings. The van der Waals surface area contributed by atoms with Crippen LogP contribution in [0.15, 0.2) is 29.7 Å². The Morgan fingerprint density at radius 3 is 2.65 bits per heavy atom. The van der Waals surface area contributed by atoms with Crippen molar-refractivity contribution >= 4 is 17.2 Å². The number of anilines is 2. The lowest BCUT2D eigenvalue weighted by Crippen LogP contribution is -2.36. The standard InChI is InChI=1S/C23H32N6O2/c1-23(2)19-20(26-13-27-22(19)25)17-9-8-16(28-15-6-4-14(24)5-7-15)12-18(17)21(23)29-31-11-10-30-3/h8-9,12-15,28H,4-7,10-11,24H2,1-3H3,(H2,25,26,27)/b29-21+/t14-,15+. The van der Waals surface area contributed by atoms with Gasteiger partial charge in [0, 0.05) is 47.0 Å². The predicted molar refractivity (Wildman–Crippen MR) is 123 cm³/mol. The van der Waals surface area contributed by atoms with E-state index in [0.717, 1.165) is 59.5 Å². The van der Waals surface area contributed by atoms with E-state index in [-0.39, 0.29) is 0 Å². The lowest BCUT2D eigenvalue weighted by Gasteiger charge is -2.35. The number of rotatable bonds is 6. The summed E-state index contributed by atoms with van der Waals surface area (Å²) < 4.78 is 5.09. The van der Waals surface area contributed by atoms with E-state index >= 15 is 0 Å². The molecule has 31 heavy (non-hydrogen) atoms. The number of nitrogens with one attached hydrogen (secondary N) is 1. The molecule has 1 heterocycles. The Kier molecular flexibility index (Phi) is 6.11. The number of oxime groups is 1. The Morgan fingerprint density at radius 2 is 1.90 bits per heavy atom. The summed E-state index contributed by atoms with van der Waals surface area (Å²) in [6.45, 7) is 5.00. The normalized spacial score (nSPS) is 23.2. The topological polar surface area (TPSA) is 121 Å². The van der Waals surface area contributed by atoms with E-state index in [0.29, 0.717) is 31.1 Å². The van der Waals surface area contributed by atoms with E-state index in [2.05, 4.69) is 52.5 Å². The van der Waals surface area contributed by atoms with Gasteiger partial charge < -0.3 is 26.4 Å². The molecular formula is C23H32N6O2. The zero-order valence-electron chi connectivity index (χ0n) is 18.5. The monoisotopic (exact) mass is 424 g/mol. The second kappa shape index (κ2) is 8.80. The van der Waals surface area contributed by atoms with Crippen LogP contribution in [0, 0.1) is 0 Å². The van der Waals surface area contributed by atoms with Gasteiger partial charge in [-0.1, -0.05) is 11.2 Å². The first-order valence-corrected chi connectivity index (χ1v) is 10.9. The van der Waals surface area contributed by atoms with Crippen molar-refractivity contribution in [2.24, 2.45) is 10.9 Å². The summed E-state index contributed by atoms with van der Waals surface area (Å²) in [5.74, 6) is 0.464. The average Bonchev–Trinajstić information content (AvgIpc) is 2.74. The molecule has 5 N–H and O–H groups in total. The molecule has 8 heteroatoms. The fraction of sp³-hybridized carbons (Fsp3) is 0.522. The molecule has 4 rings (SSSR count). The van der Waals surface area contributed by atoms with E-state index in [1.54, 1.807) is 7.11 Å². The van der Waals surface area contributed by atoms with Crippen LogP contribution in [0.25, 0.3) is 11.3 Å². The Bertz CT molecular complexity index is 967. The SMILES string of the molecule is COCCO/N=C1\c2cc(N[C@H]3CC[C@@H](N)CC3)ccc2-c2ncnc(N)c2C1(C)C. The summed E-state index contributed by atoms with van der Waals surface area (Å²) in [6, 6.07) is 7.07. The summed E-state index contributed by atoms with van der Waals surface area (Å²) in [7, 11) is 1.64. The molecule has 0 amide bonds. The molecule has 1 aromatic heterocycles. The van der Waals surface area contributed by atoms with Gasteiger partial charge >= 0.3 is 0 Å². The Morgan fingerprint density at radius 1 is 1.13 bits per heavy atom. The minimum absolute atomic E-state index is 0.326. The van der Waals surface area contributed by atoms with E-state index in [4.69, 9.17) is 21.0 Å². The molecule has 0 radical (unpaired) electrons. The predicted octanol–water partition coefficient (Wildman–Crippen LogP) is 3.07. The van der Waals surface area contributed by atoms with Crippen molar-refractivity contribution in [3.05, 3.63) is 35.7 Å². The van der Waals surface area contributed by atoms with Gasteiger partial charge in [-0.2, -0.15) is 0 Å². The van der Waals surface area contributed by atoms with Gasteiger partial charge in [0.1, 0.15) is 18.8 Å². The van der Waals surface area contributed by atoms with Crippen LogP contribution in [0.3, 0.4) is 0 Å². The van der Waals surface area contributed by atoms with Gasteiger partial charge in [0.05, 0.1) is 18.0 Å². The summed E-state index contributed by atoms with van der Waals surface area (Å²) in [6.07, 6.45) is 5.79. The summed E-state index contributed by atoms with van der Waals surface area (Å²) >= 11 is 0. The van der Waals surface area contributed by atoms with Crippen LogP contribution in [0.2, 0.25) is 0 Å². The molecule has 1 saturated carbocycles. The van der Waals surface area contributed by atoms with Gasteiger partial charge in [0.25, 0.3) is 0 Å². The molecule has 166 valence electrons. The van der Waals surface area contributed by atoms with Crippen LogP contribution >= 0.6 is 0 Å². The van der Waals surface area contributed by atoms with Gasteiger partial charge in [0.2, 0.25) is 0 Å². The number of benzene rings is 1. The molecule has 0 bridgehead atoms. The van der Waals surface area contributed by atoms with Gasteiger partial charge in [0.15, 0.2) is 0 Å². The van der Waals surface area contributed by atoms with Crippen molar-refractivity contribution in [3.8, 4) is 11.3 Å². The molecule has 0 atom stereocenters. The molecule has 0 unspecified atom stereocenters. The van der Waals surface area contributed by atoms with Crippen molar-refractivity contribution in [3.63, 3.8) is 0 Å². The number of hydrogen-bond acceptors (Lipinski definition) is 8. The highest BCUT2D eigenvalue weighted by molar-refractivity contribution is 6.16. The number of ether oxygens (including phenoxy) is 1. The summed E-state index contributed by atoms with van der Waals surface area (Å²) in [5, 5.41) is 8.22.